The van der Waals surface area contributed by atoms with E-state index < -0.39 is 15.8 Å². The van der Waals surface area contributed by atoms with Gasteiger partial charge >= 0.3 is 0 Å². The Morgan fingerprint density at radius 2 is 1.61 bits per heavy atom. The Morgan fingerprint density at radius 3 is 2.46 bits per heavy atom. The summed E-state index contributed by atoms with van der Waals surface area (Å²) in [7, 11) is -3.98. The van der Waals surface area contributed by atoms with Crippen molar-refractivity contribution in [2.75, 3.05) is 4.72 Å². The molecule has 4 aromatic rings. The van der Waals surface area contributed by atoms with E-state index in [1.807, 2.05) is 24.3 Å². The fraction of sp³-hybridized carbons (Fsp3) is 0. The third-order valence-corrected chi connectivity index (χ3v) is 5.42. The Bertz CT molecular complexity index is 1250. The molecule has 0 aliphatic rings. The summed E-state index contributed by atoms with van der Waals surface area (Å²) in [4.78, 5) is 4.16. The molecule has 0 saturated carbocycles. The van der Waals surface area contributed by atoms with Gasteiger partial charge in [-0.05, 0) is 42.5 Å². The lowest BCUT2D eigenvalue weighted by Crippen LogP contribution is -2.13. The van der Waals surface area contributed by atoms with E-state index in [0.29, 0.717) is 17.0 Å². The lowest BCUT2D eigenvalue weighted by atomic mass is 10.2. The van der Waals surface area contributed by atoms with Crippen LogP contribution in [0.3, 0.4) is 0 Å². The molecule has 4 rings (SSSR count). The first-order valence-electron chi connectivity index (χ1n) is 8.42. The molecule has 0 bridgehead atoms. The van der Waals surface area contributed by atoms with Crippen molar-refractivity contribution in [1.82, 2.24) is 4.98 Å². The summed E-state index contributed by atoms with van der Waals surface area (Å²) >= 11 is 0. The van der Waals surface area contributed by atoms with Gasteiger partial charge in [0.15, 0.2) is 11.5 Å². The minimum atomic E-state index is -3.98. The largest absolute Gasteiger partial charge is 0.453 e. The van der Waals surface area contributed by atoms with Crippen LogP contribution in [0, 0.1) is 5.82 Å². The summed E-state index contributed by atoms with van der Waals surface area (Å²) in [5, 5.41) is 0.901. The number of nitrogens with zero attached hydrogens (tertiary/aromatic N) is 1. The standard InChI is InChI=1S/C21H15FN2O3S/c22-16-8-4-9-17(14-16)28(25,26)24-18-10-1-2-11-19(18)27-20-12-3-6-15-7-5-13-23-21(15)20/h1-14,24H. The Balaban J connectivity index is 1.69. The van der Waals surface area contributed by atoms with Crippen LogP contribution in [0.15, 0.2) is 90.0 Å². The predicted octanol–water partition coefficient (Wildman–Crippen LogP) is 4.97. The molecule has 0 atom stereocenters. The van der Waals surface area contributed by atoms with Crippen molar-refractivity contribution in [2.45, 2.75) is 4.90 Å². The van der Waals surface area contributed by atoms with Gasteiger partial charge in [0, 0.05) is 11.6 Å². The summed E-state index contributed by atoms with van der Waals surface area (Å²) in [5.74, 6) is 0.172. The maximum atomic E-state index is 13.4. The van der Waals surface area contributed by atoms with Crippen LogP contribution in [0.25, 0.3) is 10.9 Å². The van der Waals surface area contributed by atoms with Crippen molar-refractivity contribution < 1.29 is 17.5 Å². The Morgan fingerprint density at radius 1 is 0.857 bits per heavy atom. The highest BCUT2D eigenvalue weighted by atomic mass is 32.2. The number of nitrogens with one attached hydrogen (secondary N) is 1. The van der Waals surface area contributed by atoms with Crippen molar-refractivity contribution >= 4 is 26.6 Å². The summed E-state index contributed by atoms with van der Waals surface area (Å²) in [5.41, 5.74) is 0.896. The highest BCUT2D eigenvalue weighted by molar-refractivity contribution is 7.92. The van der Waals surface area contributed by atoms with Crippen LogP contribution in [-0.2, 0) is 10.0 Å². The van der Waals surface area contributed by atoms with Crippen LogP contribution in [0.4, 0.5) is 10.1 Å². The number of aromatic nitrogens is 1. The molecule has 3 aromatic carbocycles. The maximum absolute atomic E-state index is 13.4. The molecular weight excluding hydrogens is 379 g/mol. The fourth-order valence-corrected chi connectivity index (χ4v) is 3.86. The zero-order valence-corrected chi connectivity index (χ0v) is 15.4. The first-order chi connectivity index (χ1) is 13.5. The normalized spacial score (nSPS) is 11.3. The van der Waals surface area contributed by atoms with Crippen molar-refractivity contribution in [2.24, 2.45) is 0 Å². The zero-order valence-electron chi connectivity index (χ0n) is 14.5. The first kappa shape index (κ1) is 17.9. The Labute approximate surface area is 161 Å². The second kappa shape index (κ2) is 7.28. The molecule has 0 saturated heterocycles. The van der Waals surface area contributed by atoms with Gasteiger partial charge in [-0.1, -0.05) is 36.4 Å². The van der Waals surface area contributed by atoms with Crippen LogP contribution in [0.5, 0.6) is 11.5 Å². The molecule has 28 heavy (non-hydrogen) atoms. The number of anilines is 1. The van der Waals surface area contributed by atoms with Gasteiger partial charge in [0.05, 0.1) is 10.6 Å². The molecule has 140 valence electrons. The summed E-state index contributed by atoms with van der Waals surface area (Å²) < 4.78 is 47.1. The van der Waals surface area contributed by atoms with Gasteiger partial charge in [0.1, 0.15) is 11.3 Å². The molecule has 5 nitrogen and oxygen atoms in total. The average Bonchev–Trinajstić information content (AvgIpc) is 2.70. The third-order valence-electron chi connectivity index (χ3n) is 4.05. The molecule has 1 aromatic heterocycles. The number of rotatable bonds is 5. The number of sulfonamides is 1. The van der Waals surface area contributed by atoms with Gasteiger partial charge in [0.2, 0.25) is 0 Å². The molecule has 0 aliphatic carbocycles. The van der Waals surface area contributed by atoms with Crippen LogP contribution in [0.1, 0.15) is 0 Å². The number of pyridine rings is 1. The molecule has 0 aliphatic heterocycles. The fourth-order valence-electron chi connectivity index (χ4n) is 2.75. The number of halogens is 1. The number of benzene rings is 3. The van der Waals surface area contributed by atoms with Crippen LogP contribution < -0.4 is 9.46 Å². The van der Waals surface area contributed by atoms with Gasteiger partial charge < -0.3 is 4.74 Å². The minimum Gasteiger partial charge on any atom is -0.453 e. The molecule has 0 amide bonds. The van der Waals surface area contributed by atoms with Crippen molar-refractivity contribution in [3.05, 3.63) is 90.9 Å². The second-order valence-corrected chi connectivity index (χ2v) is 7.67. The van der Waals surface area contributed by atoms with E-state index in [0.717, 1.165) is 11.5 Å². The number of fused-ring (bicyclic) bond motifs is 1. The Kier molecular flexibility index (Phi) is 4.67. The van der Waals surface area contributed by atoms with Crippen molar-refractivity contribution in [3.8, 4) is 11.5 Å². The summed E-state index contributed by atoms with van der Waals surface area (Å²) in [6.07, 6.45) is 1.66. The lowest BCUT2D eigenvalue weighted by Gasteiger charge is -2.14. The number of hydrogen-bond donors (Lipinski definition) is 1. The smallest absolute Gasteiger partial charge is 0.262 e. The number of para-hydroxylation sites is 3. The van der Waals surface area contributed by atoms with E-state index >= 15 is 0 Å². The van der Waals surface area contributed by atoms with Crippen LogP contribution in [-0.4, -0.2) is 13.4 Å². The minimum absolute atomic E-state index is 0.172. The Hall–Kier alpha value is -3.45. The number of hydrogen-bond acceptors (Lipinski definition) is 4. The summed E-state index contributed by atoms with van der Waals surface area (Å²) in [6, 6.07) is 20.7. The van der Waals surface area contributed by atoms with Gasteiger partial charge in [-0.15, -0.1) is 0 Å². The average molecular weight is 394 g/mol. The molecule has 1 N–H and O–H groups in total. The van der Waals surface area contributed by atoms with Gasteiger partial charge in [-0.2, -0.15) is 0 Å². The van der Waals surface area contributed by atoms with E-state index in [1.165, 1.54) is 18.2 Å². The highest BCUT2D eigenvalue weighted by Gasteiger charge is 2.18. The zero-order chi connectivity index (χ0) is 19.6. The molecule has 0 unspecified atom stereocenters. The predicted molar refractivity (Wildman–Crippen MR) is 105 cm³/mol. The van der Waals surface area contributed by atoms with Gasteiger partial charge in [-0.25, -0.2) is 12.8 Å². The lowest BCUT2D eigenvalue weighted by molar-refractivity contribution is 0.489. The third kappa shape index (κ3) is 3.65. The molecule has 0 radical (unpaired) electrons. The topological polar surface area (TPSA) is 68.3 Å². The van der Waals surface area contributed by atoms with Gasteiger partial charge in [-0.3, -0.25) is 9.71 Å². The van der Waals surface area contributed by atoms with Gasteiger partial charge in [0.25, 0.3) is 10.0 Å². The van der Waals surface area contributed by atoms with E-state index in [4.69, 9.17) is 4.74 Å². The first-order valence-corrected chi connectivity index (χ1v) is 9.90. The highest BCUT2D eigenvalue weighted by Crippen LogP contribution is 2.34. The monoisotopic (exact) mass is 394 g/mol. The van der Waals surface area contributed by atoms with Crippen molar-refractivity contribution in [1.29, 1.82) is 0 Å². The van der Waals surface area contributed by atoms with E-state index in [1.54, 1.807) is 36.5 Å². The molecule has 1 heterocycles. The summed E-state index contributed by atoms with van der Waals surface area (Å²) in [6.45, 7) is 0. The molecule has 7 heteroatoms. The number of ether oxygens (including phenoxy) is 1. The van der Waals surface area contributed by atoms with Crippen LogP contribution >= 0.6 is 0 Å². The van der Waals surface area contributed by atoms with E-state index in [2.05, 4.69) is 9.71 Å². The van der Waals surface area contributed by atoms with Crippen molar-refractivity contribution in [3.63, 3.8) is 0 Å². The van der Waals surface area contributed by atoms with E-state index in [9.17, 15) is 12.8 Å². The second-order valence-electron chi connectivity index (χ2n) is 5.99. The van der Waals surface area contributed by atoms with E-state index in [-0.39, 0.29) is 10.6 Å². The quantitative estimate of drug-likeness (QED) is 0.519. The SMILES string of the molecule is O=S(=O)(Nc1ccccc1Oc1cccc2cccnc12)c1cccc(F)c1. The molecule has 0 spiro atoms. The molecular formula is C21H15FN2O3S. The molecule has 0 fully saturated rings. The van der Waals surface area contributed by atoms with Crippen LogP contribution in [0.2, 0.25) is 0 Å². The maximum Gasteiger partial charge on any atom is 0.262 e.